The molecule has 0 amide bonds. The molecule has 0 aromatic heterocycles. The Hall–Kier alpha value is -0.260. The van der Waals surface area contributed by atoms with Gasteiger partial charge in [-0.1, -0.05) is 99.6 Å². The fourth-order valence-corrected chi connectivity index (χ4v) is 9.51. The van der Waals surface area contributed by atoms with E-state index >= 15 is 0 Å². The highest BCUT2D eigenvalue weighted by molar-refractivity contribution is 5.19. The Morgan fingerprint density at radius 3 is 2.00 bits per heavy atom. The fourth-order valence-electron chi connectivity index (χ4n) is 9.51. The lowest BCUT2D eigenvalue weighted by atomic mass is 9.59. The van der Waals surface area contributed by atoms with Crippen molar-refractivity contribution in [3.05, 3.63) is 12.2 Å². The molecule has 0 bridgehead atoms. The van der Waals surface area contributed by atoms with Gasteiger partial charge >= 0.3 is 0 Å². The third kappa shape index (κ3) is 7.19. The summed E-state index contributed by atoms with van der Waals surface area (Å²) in [5.41, 5.74) is 3.03. The van der Waals surface area contributed by atoms with Crippen molar-refractivity contribution in [3.8, 4) is 0 Å². The second-order valence-corrected chi connectivity index (χ2v) is 15.0. The van der Waals surface area contributed by atoms with Crippen molar-refractivity contribution >= 4 is 0 Å². The zero-order valence-corrected chi connectivity index (χ0v) is 25.4. The maximum absolute atomic E-state index is 4.61. The van der Waals surface area contributed by atoms with E-state index in [1.807, 2.05) is 0 Å². The highest BCUT2D eigenvalue weighted by atomic mass is 14.8. The molecule has 3 rings (SSSR count). The molecule has 3 aliphatic carbocycles. The van der Waals surface area contributed by atoms with E-state index in [0.717, 1.165) is 52.8 Å². The molecule has 0 heterocycles. The molecule has 5 atom stereocenters. The molecule has 0 radical (unpaired) electrons. The highest BCUT2D eigenvalue weighted by Gasteiger charge is 2.71. The van der Waals surface area contributed by atoms with Crippen LogP contribution in [0.25, 0.3) is 0 Å². The molecule has 3 fully saturated rings. The van der Waals surface area contributed by atoms with Gasteiger partial charge in [-0.15, -0.1) is 0 Å². The minimum atomic E-state index is 0.646. The van der Waals surface area contributed by atoms with E-state index in [-0.39, 0.29) is 0 Å². The average molecular weight is 485 g/mol. The third-order valence-electron chi connectivity index (χ3n) is 11.5. The lowest BCUT2D eigenvalue weighted by molar-refractivity contribution is 0.0444. The van der Waals surface area contributed by atoms with Crippen LogP contribution in [0.1, 0.15) is 152 Å². The third-order valence-corrected chi connectivity index (χ3v) is 11.5. The second-order valence-electron chi connectivity index (χ2n) is 15.0. The summed E-state index contributed by atoms with van der Waals surface area (Å²) in [7, 11) is 0. The van der Waals surface area contributed by atoms with Crippen molar-refractivity contribution in [3.63, 3.8) is 0 Å². The van der Waals surface area contributed by atoms with E-state index in [1.165, 1.54) is 77.0 Å². The summed E-state index contributed by atoms with van der Waals surface area (Å²) < 4.78 is 0. The zero-order valence-electron chi connectivity index (χ0n) is 25.4. The second kappa shape index (κ2) is 12.5. The van der Waals surface area contributed by atoms with E-state index in [9.17, 15) is 0 Å². The molecule has 5 unspecified atom stereocenters. The van der Waals surface area contributed by atoms with Gasteiger partial charge in [0.1, 0.15) is 0 Å². The van der Waals surface area contributed by atoms with Gasteiger partial charge in [-0.2, -0.15) is 0 Å². The van der Waals surface area contributed by atoms with Crippen LogP contribution in [0.2, 0.25) is 0 Å². The van der Waals surface area contributed by atoms with E-state index in [0.29, 0.717) is 5.41 Å². The molecule has 0 aromatic rings. The molecule has 0 aromatic carbocycles. The Bertz CT molecular complexity index is 637. The van der Waals surface area contributed by atoms with Gasteiger partial charge in [0.2, 0.25) is 0 Å². The lowest BCUT2D eigenvalue weighted by Crippen LogP contribution is -2.36. The summed E-state index contributed by atoms with van der Waals surface area (Å²) in [5.74, 6) is 7.70. The molecule has 1 spiro atoms. The molecule has 0 nitrogen and oxygen atoms in total. The number of hydrogen-bond donors (Lipinski definition) is 0. The molecular formula is C35H64. The standard InChI is InChI=1S/C35H64/c1-10-28(11-2)20-25(5)19-27(7)30(13-4)18-17-29(12-3)15-14-16-32-33(31-23-34(8,9)24-31)35(32)21-26(6)22-35/h25-26,28-33H,7,10-24H2,1-6,8-9H3. The molecule has 0 heteroatoms. The van der Waals surface area contributed by atoms with Crippen molar-refractivity contribution in [2.75, 3.05) is 0 Å². The van der Waals surface area contributed by atoms with Crippen LogP contribution in [0.4, 0.5) is 0 Å². The molecule has 3 aliphatic rings. The Kier molecular flexibility index (Phi) is 10.5. The molecule has 0 N–H and O–H groups in total. The smallest absolute Gasteiger partial charge is 0.0208 e. The van der Waals surface area contributed by atoms with E-state index in [2.05, 4.69) is 62.0 Å². The number of hydrogen-bond acceptors (Lipinski definition) is 0. The van der Waals surface area contributed by atoms with E-state index in [4.69, 9.17) is 0 Å². The first-order valence-corrected chi connectivity index (χ1v) is 16.3. The Labute approximate surface area is 221 Å². The van der Waals surface area contributed by atoms with Crippen molar-refractivity contribution < 1.29 is 0 Å². The zero-order chi connectivity index (χ0) is 25.8. The van der Waals surface area contributed by atoms with Gasteiger partial charge < -0.3 is 0 Å². The predicted octanol–water partition coefficient (Wildman–Crippen LogP) is 11.5. The van der Waals surface area contributed by atoms with Gasteiger partial charge in [0.25, 0.3) is 0 Å². The van der Waals surface area contributed by atoms with Crippen LogP contribution in [0.3, 0.4) is 0 Å². The molecule has 0 saturated heterocycles. The van der Waals surface area contributed by atoms with Crippen molar-refractivity contribution in [2.45, 2.75) is 152 Å². The largest absolute Gasteiger partial charge is 0.0996 e. The van der Waals surface area contributed by atoms with E-state index in [1.54, 1.807) is 24.8 Å². The summed E-state index contributed by atoms with van der Waals surface area (Å²) in [6.45, 7) is 24.1. The quantitative estimate of drug-likeness (QED) is 0.180. The molecule has 3 saturated carbocycles. The topological polar surface area (TPSA) is 0 Å². The van der Waals surface area contributed by atoms with Crippen molar-refractivity contribution in [1.82, 2.24) is 0 Å². The van der Waals surface area contributed by atoms with Crippen LogP contribution >= 0.6 is 0 Å². The number of rotatable bonds is 17. The summed E-state index contributed by atoms with van der Waals surface area (Å²) in [4.78, 5) is 0. The summed E-state index contributed by atoms with van der Waals surface area (Å²) >= 11 is 0. The molecule has 204 valence electrons. The first-order valence-electron chi connectivity index (χ1n) is 16.3. The SMILES string of the molecule is C=C(CC(C)CC(CC)CC)C(CC)CCC(CC)CCCC1C(C2CC(C)(C)C2)C12CC(C)C2. The summed E-state index contributed by atoms with van der Waals surface area (Å²) in [6, 6.07) is 0. The van der Waals surface area contributed by atoms with Crippen LogP contribution in [0.5, 0.6) is 0 Å². The molecular weight excluding hydrogens is 420 g/mol. The fraction of sp³-hybridized carbons (Fsp3) is 0.943. The van der Waals surface area contributed by atoms with Gasteiger partial charge in [-0.05, 0) is 122 Å². The lowest BCUT2D eigenvalue weighted by Gasteiger charge is -2.46. The van der Waals surface area contributed by atoms with Crippen molar-refractivity contribution in [1.29, 1.82) is 0 Å². The monoisotopic (exact) mass is 485 g/mol. The Morgan fingerprint density at radius 2 is 1.49 bits per heavy atom. The normalized spacial score (nSPS) is 32.2. The van der Waals surface area contributed by atoms with Gasteiger partial charge in [0.15, 0.2) is 0 Å². The van der Waals surface area contributed by atoms with Gasteiger partial charge in [-0.25, -0.2) is 0 Å². The Morgan fingerprint density at radius 1 is 0.857 bits per heavy atom. The van der Waals surface area contributed by atoms with Crippen LogP contribution < -0.4 is 0 Å². The van der Waals surface area contributed by atoms with Gasteiger partial charge in [-0.3, -0.25) is 0 Å². The predicted molar refractivity (Wildman–Crippen MR) is 157 cm³/mol. The highest BCUT2D eigenvalue weighted by Crippen LogP contribution is 2.78. The van der Waals surface area contributed by atoms with Crippen LogP contribution in [0, 0.1) is 58.2 Å². The van der Waals surface area contributed by atoms with Gasteiger partial charge in [0, 0.05) is 0 Å². The summed E-state index contributed by atoms with van der Waals surface area (Å²) in [5, 5.41) is 0. The number of allylic oxidation sites excluding steroid dienone is 1. The minimum Gasteiger partial charge on any atom is -0.0996 e. The van der Waals surface area contributed by atoms with E-state index < -0.39 is 0 Å². The average Bonchev–Trinajstić information content (AvgIpc) is 3.41. The van der Waals surface area contributed by atoms with Crippen LogP contribution in [-0.4, -0.2) is 0 Å². The molecule has 0 aliphatic heterocycles. The van der Waals surface area contributed by atoms with Gasteiger partial charge in [0.05, 0.1) is 0 Å². The first kappa shape index (κ1) is 29.3. The van der Waals surface area contributed by atoms with Crippen LogP contribution in [0.15, 0.2) is 12.2 Å². The maximum atomic E-state index is 4.61. The molecule has 35 heavy (non-hydrogen) atoms. The maximum Gasteiger partial charge on any atom is -0.0208 e. The first-order chi connectivity index (χ1) is 16.6. The Balaban J connectivity index is 1.39. The minimum absolute atomic E-state index is 0.646. The summed E-state index contributed by atoms with van der Waals surface area (Å²) in [6.07, 6.45) is 21.5. The van der Waals surface area contributed by atoms with Crippen LogP contribution in [-0.2, 0) is 0 Å². The van der Waals surface area contributed by atoms with Crippen molar-refractivity contribution in [2.24, 2.45) is 58.2 Å².